The predicted molar refractivity (Wildman–Crippen MR) is 92.1 cm³/mol. The van der Waals surface area contributed by atoms with Crippen molar-refractivity contribution in [1.29, 1.82) is 0 Å². The van der Waals surface area contributed by atoms with Crippen molar-refractivity contribution in [3.63, 3.8) is 0 Å². The van der Waals surface area contributed by atoms with Crippen LogP contribution in [0.5, 0.6) is 5.75 Å². The number of ether oxygens (including phenoxy) is 1. The average molecular weight is 368 g/mol. The third-order valence-electron chi connectivity index (χ3n) is 3.33. The Kier molecular flexibility index (Phi) is 6.46. The molecule has 0 radical (unpaired) electrons. The molecule has 1 atom stereocenters. The van der Waals surface area contributed by atoms with Crippen LogP contribution in [-0.2, 0) is 4.79 Å². The normalized spacial score (nSPS) is 12.1. The predicted octanol–water partition coefficient (Wildman–Crippen LogP) is 3.74. The van der Waals surface area contributed by atoms with E-state index in [1.54, 1.807) is 17.5 Å². The van der Waals surface area contributed by atoms with Crippen LogP contribution >= 0.6 is 11.3 Å². The van der Waals surface area contributed by atoms with Gasteiger partial charge >= 0.3 is 6.61 Å². The molecule has 25 heavy (non-hydrogen) atoms. The summed E-state index contributed by atoms with van der Waals surface area (Å²) in [5.41, 5.74) is 0.419. The van der Waals surface area contributed by atoms with Crippen LogP contribution in [0.25, 0.3) is 0 Å². The minimum atomic E-state index is -2.90. The molecule has 2 N–H and O–H groups in total. The fourth-order valence-electron chi connectivity index (χ4n) is 2.09. The molecule has 0 saturated heterocycles. The Morgan fingerprint density at radius 1 is 1.12 bits per heavy atom. The average Bonchev–Trinajstić information content (AvgIpc) is 3.08. The number of anilines is 1. The Morgan fingerprint density at radius 2 is 1.80 bits per heavy atom. The van der Waals surface area contributed by atoms with Crippen LogP contribution in [0.3, 0.4) is 0 Å². The van der Waals surface area contributed by atoms with Crippen LogP contribution in [0.15, 0.2) is 41.8 Å². The van der Waals surface area contributed by atoms with Gasteiger partial charge in [-0.3, -0.25) is 9.59 Å². The summed E-state index contributed by atoms with van der Waals surface area (Å²) in [4.78, 5) is 25.1. The minimum Gasteiger partial charge on any atom is -0.435 e. The lowest BCUT2D eigenvalue weighted by atomic mass is 10.0. The Morgan fingerprint density at radius 3 is 2.32 bits per heavy atom. The van der Waals surface area contributed by atoms with E-state index in [1.165, 1.54) is 35.6 Å². The lowest BCUT2D eigenvalue weighted by Crippen LogP contribution is -2.46. The summed E-state index contributed by atoms with van der Waals surface area (Å²) in [5, 5.41) is 7.15. The summed E-state index contributed by atoms with van der Waals surface area (Å²) in [6.45, 7) is 0.732. The summed E-state index contributed by atoms with van der Waals surface area (Å²) in [6.07, 6.45) is 0. The molecular formula is C17H18F2N2O3S. The van der Waals surface area contributed by atoms with Crippen LogP contribution in [0.1, 0.15) is 23.5 Å². The van der Waals surface area contributed by atoms with E-state index in [4.69, 9.17) is 0 Å². The molecule has 0 aliphatic heterocycles. The van der Waals surface area contributed by atoms with Crippen molar-refractivity contribution in [2.45, 2.75) is 26.5 Å². The lowest BCUT2D eigenvalue weighted by Gasteiger charge is -2.21. The number of hydrogen-bond acceptors (Lipinski definition) is 4. The lowest BCUT2D eigenvalue weighted by molar-refractivity contribution is -0.118. The quantitative estimate of drug-likeness (QED) is 0.782. The van der Waals surface area contributed by atoms with Crippen molar-refractivity contribution in [2.24, 2.45) is 5.92 Å². The number of carbonyl (C=O) groups excluding carboxylic acids is 2. The fourth-order valence-corrected chi connectivity index (χ4v) is 2.72. The van der Waals surface area contributed by atoms with Crippen molar-refractivity contribution >= 4 is 28.8 Å². The first-order chi connectivity index (χ1) is 11.9. The molecule has 0 fully saturated rings. The van der Waals surface area contributed by atoms with Gasteiger partial charge in [-0.1, -0.05) is 19.9 Å². The van der Waals surface area contributed by atoms with Gasteiger partial charge in [0, 0.05) is 5.69 Å². The van der Waals surface area contributed by atoms with E-state index in [-0.39, 0.29) is 23.5 Å². The zero-order valence-corrected chi connectivity index (χ0v) is 14.5. The summed E-state index contributed by atoms with van der Waals surface area (Å²) in [5.74, 6) is -0.836. The molecule has 2 amide bonds. The zero-order valence-electron chi connectivity index (χ0n) is 13.7. The summed E-state index contributed by atoms with van der Waals surface area (Å²) < 4.78 is 28.5. The number of carbonyl (C=O) groups is 2. The zero-order chi connectivity index (χ0) is 18.4. The van der Waals surface area contributed by atoms with Gasteiger partial charge in [0.1, 0.15) is 11.8 Å². The molecule has 0 saturated carbocycles. The SMILES string of the molecule is CC(C)C(NC(=O)c1cccs1)C(=O)Nc1ccc(OC(F)F)cc1. The highest BCUT2D eigenvalue weighted by Gasteiger charge is 2.25. The van der Waals surface area contributed by atoms with E-state index in [0.29, 0.717) is 10.6 Å². The molecule has 134 valence electrons. The molecule has 5 nitrogen and oxygen atoms in total. The van der Waals surface area contributed by atoms with E-state index in [1.807, 2.05) is 13.8 Å². The van der Waals surface area contributed by atoms with Gasteiger partial charge in [-0.2, -0.15) is 8.78 Å². The van der Waals surface area contributed by atoms with Gasteiger partial charge in [0.15, 0.2) is 0 Å². The molecule has 2 aromatic rings. The number of amides is 2. The van der Waals surface area contributed by atoms with Crippen LogP contribution in [-0.4, -0.2) is 24.5 Å². The molecular weight excluding hydrogens is 350 g/mol. The Labute approximate surface area is 148 Å². The van der Waals surface area contributed by atoms with Crippen molar-refractivity contribution < 1.29 is 23.1 Å². The molecule has 1 aromatic heterocycles. The number of nitrogens with one attached hydrogen (secondary N) is 2. The van der Waals surface area contributed by atoms with Crippen LogP contribution in [0.2, 0.25) is 0 Å². The van der Waals surface area contributed by atoms with Gasteiger partial charge < -0.3 is 15.4 Å². The number of alkyl halides is 2. The number of rotatable bonds is 7. The van der Waals surface area contributed by atoms with Crippen molar-refractivity contribution in [3.05, 3.63) is 46.7 Å². The highest BCUT2D eigenvalue weighted by molar-refractivity contribution is 7.12. The summed E-state index contributed by atoms with van der Waals surface area (Å²) in [6, 6.07) is 8.27. The summed E-state index contributed by atoms with van der Waals surface area (Å²) >= 11 is 1.29. The van der Waals surface area contributed by atoms with E-state index >= 15 is 0 Å². The topological polar surface area (TPSA) is 67.4 Å². The molecule has 0 bridgehead atoms. The molecule has 0 aliphatic rings. The Balaban J connectivity index is 2.01. The third-order valence-corrected chi connectivity index (χ3v) is 4.20. The van der Waals surface area contributed by atoms with Crippen LogP contribution in [0.4, 0.5) is 14.5 Å². The first-order valence-electron chi connectivity index (χ1n) is 7.57. The Hall–Kier alpha value is -2.48. The molecule has 2 rings (SSSR count). The first-order valence-corrected chi connectivity index (χ1v) is 8.45. The number of halogens is 2. The van der Waals surface area contributed by atoms with Crippen molar-refractivity contribution in [2.75, 3.05) is 5.32 Å². The van der Waals surface area contributed by atoms with Crippen LogP contribution < -0.4 is 15.4 Å². The molecule has 1 aromatic carbocycles. The second-order valence-electron chi connectivity index (χ2n) is 5.56. The maximum absolute atomic E-state index is 12.4. The van der Waals surface area contributed by atoms with Crippen LogP contribution in [0, 0.1) is 5.92 Å². The van der Waals surface area contributed by atoms with Crippen molar-refractivity contribution in [1.82, 2.24) is 5.32 Å². The Bertz CT molecular complexity index is 703. The van der Waals surface area contributed by atoms with Crippen molar-refractivity contribution in [3.8, 4) is 5.75 Å². The maximum Gasteiger partial charge on any atom is 0.387 e. The molecule has 0 aliphatic carbocycles. The van der Waals surface area contributed by atoms with Gasteiger partial charge in [-0.25, -0.2) is 0 Å². The van der Waals surface area contributed by atoms with Gasteiger partial charge in [0.05, 0.1) is 4.88 Å². The standard InChI is InChI=1S/C17H18F2N2O3S/c1-10(2)14(21-15(22)13-4-3-9-25-13)16(23)20-11-5-7-12(8-6-11)24-17(18)19/h3-10,14,17H,1-2H3,(H,20,23)(H,21,22). The third kappa shape index (κ3) is 5.53. The number of hydrogen-bond donors (Lipinski definition) is 2. The minimum absolute atomic E-state index is 0.000549. The molecule has 8 heteroatoms. The number of thiophene rings is 1. The largest absolute Gasteiger partial charge is 0.435 e. The highest BCUT2D eigenvalue weighted by atomic mass is 32.1. The highest BCUT2D eigenvalue weighted by Crippen LogP contribution is 2.18. The fraction of sp³-hybridized carbons (Fsp3) is 0.294. The van der Waals surface area contributed by atoms with E-state index in [0.717, 1.165) is 0 Å². The molecule has 1 unspecified atom stereocenters. The second kappa shape index (κ2) is 8.57. The monoisotopic (exact) mass is 368 g/mol. The van der Waals surface area contributed by atoms with E-state index in [9.17, 15) is 18.4 Å². The van der Waals surface area contributed by atoms with E-state index in [2.05, 4.69) is 15.4 Å². The van der Waals surface area contributed by atoms with Gasteiger partial charge in [0.25, 0.3) is 5.91 Å². The summed E-state index contributed by atoms with van der Waals surface area (Å²) in [7, 11) is 0. The number of benzene rings is 1. The molecule has 0 spiro atoms. The van der Waals surface area contributed by atoms with Gasteiger partial charge in [-0.15, -0.1) is 11.3 Å². The first kappa shape index (κ1) is 18.9. The molecule has 1 heterocycles. The van der Waals surface area contributed by atoms with E-state index < -0.39 is 12.7 Å². The second-order valence-corrected chi connectivity index (χ2v) is 6.51. The smallest absolute Gasteiger partial charge is 0.387 e. The van der Waals surface area contributed by atoms with Gasteiger partial charge in [0.2, 0.25) is 5.91 Å². The van der Waals surface area contributed by atoms with Gasteiger partial charge in [-0.05, 0) is 41.6 Å². The maximum atomic E-state index is 12.4.